The molecule has 0 aromatic heterocycles. The number of nitrogens with zero attached hydrogens (tertiary/aromatic N) is 1. The zero-order valence-corrected chi connectivity index (χ0v) is 31.2. The SMILES string of the molecule is C#CCCC(NC(=O)[C@@H]1C2[C@@H](CN1C(=O)[C@@H](NC(=O)NC1(CS(=O)(=O)c3ccccc3)CCCCC1)C(C)(C)C)C2(C)C)C(=O)C(=O)NCC=C. The zero-order chi connectivity index (χ0) is 37.8. The molecular formula is C38H53N5O7S. The number of rotatable bonds is 14. The summed E-state index contributed by atoms with van der Waals surface area (Å²) in [4.78, 5) is 69.5. The second-order valence-electron chi connectivity index (χ2n) is 15.9. The maximum atomic E-state index is 14.5. The molecule has 2 saturated carbocycles. The number of hydrogen-bond acceptors (Lipinski definition) is 7. The van der Waals surface area contributed by atoms with Gasteiger partial charge in [0.2, 0.25) is 17.6 Å². The van der Waals surface area contributed by atoms with Gasteiger partial charge < -0.3 is 26.2 Å². The highest BCUT2D eigenvalue weighted by Crippen LogP contribution is 2.65. The van der Waals surface area contributed by atoms with Gasteiger partial charge in [0.15, 0.2) is 9.84 Å². The molecule has 3 fully saturated rings. The molecule has 0 bridgehead atoms. The molecule has 1 aliphatic heterocycles. The van der Waals surface area contributed by atoms with Crippen LogP contribution in [-0.4, -0.2) is 85.4 Å². The lowest BCUT2D eigenvalue weighted by atomic mass is 9.83. The lowest BCUT2D eigenvalue weighted by molar-refractivity contribution is -0.145. The number of nitrogens with one attached hydrogen (secondary N) is 4. The Kier molecular flexibility index (Phi) is 12.1. The third-order valence-corrected chi connectivity index (χ3v) is 12.7. The van der Waals surface area contributed by atoms with Crippen LogP contribution in [0.5, 0.6) is 0 Å². The fourth-order valence-corrected chi connectivity index (χ4v) is 9.64. The molecule has 13 heteroatoms. The van der Waals surface area contributed by atoms with Crippen LogP contribution >= 0.6 is 0 Å². The van der Waals surface area contributed by atoms with Gasteiger partial charge in [-0.05, 0) is 54.1 Å². The van der Waals surface area contributed by atoms with E-state index < -0.39 is 68.5 Å². The van der Waals surface area contributed by atoms with Gasteiger partial charge in [-0.15, -0.1) is 18.9 Å². The number of fused-ring (bicyclic) bond motifs is 1. The van der Waals surface area contributed by atoms with Crippen molar-refractivity contribution >= 4 is 39.4 Å². The highest BCUT2D eigenvalue weighted by molar-refractivity contribution is 7.91. The Hall–Kier alpha value is -4.18. The van der Waals surface area contributed by atoms with E-state index in [1.54, 1.807) is 51.1 Å². The Morgan fingerprint density at radius 1 is 1.06 bits per heavy atom. The Bertz CT molecular complexity index is 1650. The number of benzene rings is 1. The van der Waals surface area contributed by atoms with Gasteiger partial charge in [0.25, 0.3) is 5.91 Å². The Morgan fingerprint density at radius 3 is 2.29 bits per heavy atom. The average Bonchev–Trinajstić information content (AvgIpc) is 3.38. The number of hydrogen-bond donors (Lipinski definition) is 4. The maximum absolute atomic E-state index is 14.5. The van der Waals surface area contributed by atoms with E-state index in [1.165, 1.54) is 11.0 Å². The molecule has 5 atom stereocenters. The molecule has 2 unspecified atom stereocenters. The number of Topliss-reactive ketones (excluding diaryl/α,β-unsaturated/α-hetero) is 1. The molecule has 12 nitrogen and oxygen atoms in total. The summed E-state index contributed by atoms with van der Waals surface area (Å²) in [5.41, 5.74) is -2.08. The minimum atomic E-state index is -3.74. The summed E-state index contributed by atoms with van der Waals surface area (Å²) in [6.45, 7) is 13.3. The van der Waals surface area contributed by atoms with Crippen LogP contribution in [0.25, 0.3) is 0 Å². The first kappa shape index (κ1) is 39.6. The molecule has 0 spiro atoms. The van der Waals surface area contributed by atoms with E-state index in [1.807, 2.05) is 13.8 Å². The van der Waals surface area contributed by atoms with Gasteiger partial charge in [-0.1, -0.05) is 78.2 Å². The molecule has 1 heterocycles. The van der Waals surface area contributed by atoms with E-state index in [9.17, 15) is 32.4 Å². The third-order valence-electron chi connectivity index (χ3n) is 10.7. The van der Waals surface area contributed by atoms with E-state index in [-0.39, 0.29) is 53.8 Å². The van der Waals surface area contributed by atoms with E-state index >= 15 is 0 Å². The minimum Gasteiger partial charge on any atom is -0.346 e. The summed E-state index contributed by atoms with van der Waals surface area (Å²) >= 11 is 0. The number of likely N-dealkylation sites (tertiary alicyclic amines) is 1. The first-order valence-electron chi connectivity index (χ1n) is 17.7. The smallest absolute Gasteiger partial charge is 0.315 e. The lowest BCUT2D eigenvalue weighted by Gasteiger charge is -2.40. The monoisotopic (exact) mass is 723 g/mol. The molecule has 1 aromatic rings. The fraction of sp³-hybridized carbons (Fsp3) is 0.605. The zero-order valence-electron chi connectivity index (χ0n) is 30.4. The van der Waals surface area contributed by atoms with Crippen LogP contribution in [0.3, 0.4) is 0 Å². The molecule has 51 heavy (non-hydrogen) atoms. The number of piperidine rings is 1. The van der Waals surface area contributed by atoms with Gasteiger partial charge in [-0.25, -0.2) is 13.2 Å². The van der Waals surface area contributed by atoms with Gasteiger partial charge in [0.05, 0.1) is 22.2 Å². The number of carbonyl (C=O) groups is 5. The summed E-state index contributed by atoms with van der Waals surface area (Å²) in [7, 11) is -3.74. The van der Waals surface area contributed by atoms with Crippen LogP contribution < -0.4 is 21.3 Å². The summed E-state index contributed by atoms with van der Waals surface area (Å²) < 4.78 is 26.9. The Morgan fingerprint density at radius 2 is 1.71 bits per heavy atom. The first-order chi connectivity index (χ1) is 23.9. The van der Waals surface area contributed by atoms with Crippen molar-refractivity contribution in [3.05, 3.63) is 43.0 Å². The van der Waals surface area contributed by atoms with Gasteiger partial charge in [0.1, 0.15) is 12.1 Å². The van der Waals surface area contributed by atoms with Crippen LogP contribution in [0.15, 0.2) is 47.9 Å². The van der Waals surface area contributed by atoms with Gasteiger partial charge >= 0.3 is 6.03 Å². The molecular weight excluding hydrogens is 671 g/mol. The largest absolute Gasteiger partial charge is 0.346 e. The normalized spacial score (nSPS) is 23.0. The highest BCUT2D eigenvalue weighted by Gasteiger charge is 2.70. The third kappa shape index (κ3) is 9.01. The topological polar surface area (TPSA) is 171 Å². The van der Waals surface area contributed by atoms with E-state index in [0.717, 1.165) is 19.3 Å². The Balaban J connectivity index is 1.56. The summed E-state index contributed by atoms with van der Waals surface area (Å²) in [5.74, 6) is -0.792. The first-order valence-corrected chi connectivity index (χ1v) is 19.4. The van der Waals surface area contributed by atoms with Crippen molar-refractivity contribution in [3.63, 3.8) is 0 Å². The molecule has 3 aliphatic rings. The van der Waals surface area contributed by atoms with Crippen LogP contribution in [0.1, 0.15) is 79.6 Å². The average molecular weight is 724 g/mol. The number of amides is 5. The van der Waals surface area contributed by atoms with Gasteiger partial charge in [-0.2, -0.15) is 0 Å². The van der Waals surface area contributed by atoms with Gasteiger partial charge in [-0.3, -0.25) is 19.2 Å². The van der Waals surface area contributed by atoms with Crippen molar-refractivity contribution in [1.29, 1.82) is 0 Å². The summed E-state index contributed by atoms with van der Waals surface area (Å²) in [6, 6.07) is 4.25. The fourth-order valence-electron chi connectivity index (χ4n) is 7.81. The molecule has 4 rings (SSSR count). The predicted molar refractivity (Wildman–Crippen MR) is 194 cm³/mol. The van der Waals surface area contributed by atoms with Crippen LogP contribution in [0.2, 0.25) is 0 Å². The van der Waals surface area contributed by atoms with Gasteiger partial charge in [0, 0.05) is 19.5 Å². The maximum Gasteiger partial charge on any atom is 0.315 e. The number of ketones is 1. The van der Waals surface area contributed by atoms with Crippen molar-refractivity contribution in [1.82, 2.24) is 26.2 Å². The summed E-state index contributed by atoms with van der Waals surface area (Å²) in [6.07, 6.45) is 10.4. The van der Waals surface area contributed by atoms with Crippen molar-refractivity contribution in [2.75, 3.05) is 18.8 Å². The number of terminal acetylenes is 1. The van der Waals surface area contributed by atoms with Crippen molar-refractivity contribution in [2.24, 2.45) is 22.7 Å². The molecule has 2 aliphatic carbocycles. The Labute approximate surface area is 302 Å². The van der Waals surface area contributed by atoms with Crippen LogP contribution in [0, 0.1) is 35.0 Å². The predicted octanol–water partition coefficient (Wildman–Crippen LogP) is 3.13. The lowest BCUT2D eigenvalue weighted by Crippen LogP contribution is -2.63. The molecule has 278 valence electrons. The standard InChI is InChI=1S/C38H53N5O7S/c1-8-10-19-27(30(44)33(46)39-22-9-2)40-32(45)29-28-26(37(28,6)7)23-43(29)34(47)31(36(3,4)5)41-35(48)42-38(20-15-12-16-21-38)24-51(49,50)25-17-13-11-14-18-25/h1,9,11,13-14,17-18,26-29,31H,2,10,12,15-16,19-24H2,3-7H3,(H,39,46)(H,40,45)(H2,41,42,48)/t26-,27?,28?,29+,31-/m1/s1. The van der Waals surface area contributed by atoms with Crippen LogP contribution in [-0.2, 0) is 29.0 Å². The van der Waals surface area contributed by atoms with E-state index in [2.05, 4.69) is 33.8 Å². The second-order valence-corrected chi connectivity index (χ2v) is 17.9. The molecule has 1 saturated heterocycles. The summed E-state index contributed by atoms with van der Waals surface area (Å²) in [5, 5.41) is 11.0. The number of sulfone groups is 1. The molecule has 5 amide bonds. The molecule has 1 aromatic carbocycles. The number of urea groups is 1. The van der Waals surface area contributed by atoms with E-state index in [0.29, 0.717) is 12.8 Å². The van der Waals surface area contributed by atoms with Crippen LogP contribution in [0.4, 0.5) is 4.79 Å². The van der Waals surface area contributed by atoms with Crippen molar-refractivity contribution < 1.29 is 32.4 Å². The van der Waals surface area contributed by atoms with Crippen molar-refractivity contribution in [2.45, 2.75) is 108 Å². The molecule has 4 N–H and O–H groups in total. The highest BCUT2D eigenvalue weighted by atomic mass is 32.2. The number of carbonyl (C=O) groups excluding carboxylic acids is 5. The minimum absolute atomic E-state index is 0.0103. The second kappa shape index (κ2) is 15.6. The van der Waals surface area contributed by atoms with Crippen molar-refractivity contribution in [3.8, 4) is 12.3 Å². The molecule has 0 radical (unpaired) electrons. The quantitative estimate of drug-likeness (QED) is 0.130. The van der Waals surface area contributed by atoms with E-state index in [4.69, 9.17) is 6.42 Å².